The zero-order chi connectivity index (χ0) is 18.8. The number of likely N-dealkylation sites (tertiary alicyclic amines) is 1. The third-order valence-electron chi connectivity index (χ3n) is 4.99. The summed E-state index contributed by atoms with van der Waals surface area (Å²) in [6, 6.07) is 11.6. The predicted octanol–water partition coefficient (Wildman–Crippen LogP) is 3.33. The van der Waals surface area contributed by atoms with Gasteiger partial charge in [-0.25, -0.2) is 4.98 Å². The van der Waals surface area contributed by atoms with E-state index in [4.69, 9.17) is 9.47 Å². The van der Waals surface area contributed by atoms with Crippen molar-refractivity contribution in [2.75, 3.05) is 20.2 Å². The Kier molecular flexibility index (Phi) is 4.71. The summed E-state index contributed by atoms with van der Waals surface area (Å²) >= 11 is 0. The van der Waals surface area contributed by atoms with Crippen LogP contribution in [0.25, 0.3) is 5.65 Å². The van der Waals surface area contributed by atoms with Crippen LogP contribution in [0.1, 0.15) is 28.9 Å². The molecule has 3 aromatic rings. The molecule has 0 spiro atoms. The molecule has 1 saturated heterocycles. The first kappa shape index (κ1) is 17.4. The van der Waals surface area contributed by atoms with Crippen LogP contribution >= 0.6 is 0 Å². The molecule has 0 radical (unpaired) electrons. The number of amides is 1. The van der Waals surface area contributed by atoms with Crippen molar-refractivity contribution in [3.8, 4) is 11.5 Å². The Morgan fingerprint density at radius 1 is 1.11 bits per heavy atom. The van der Waals surface area contributed by atoms with Crippen molar-refractivity contribution in [1.29, 1.82) is 0 Å². The minimum Gasteiger partial charge on any atom is -0.493 e. The number of pyridine rings is 1. The molecule has 1 aliphatic rings. The van der Waals surface area contributed by atoms with Gasteiger partial charge in [0.25, 0.3) is 5.91 Å². The van der Waals surface area contributed by atoms with Gasteiger partial charge >= 0.3 is 0 Å². The number of methoxy groups -OCH3 is 1. The predicted molar refractivity (Wildman–Crippen MR) is 102 cm³/mol. The molecular weight excluding hydrogens is 342 g/mol. The molecule has 1 amide bonds. The van der Waals surface area contributed by atoms with Gasteiger partial charge in [0.2, 0.25) is 0 Å². The molecule has 0 unspecified atom stereocenters. The van der Waals surface area contributed by atoms with E-state index in [9.17, 15) is 4.79 Å². The minimum atomic E-state index is -0.0196. The number of hydrogen-bond acceptors (Lipinski definition) is 4. The number of benzene rings is 1. The van der Waals surface area contributed by atoms with E-state index in [-0.39, 0.29) is 12.0 Å². The highest BCUT2D eigenvalue weighted by molar-refractivity contribution is 5.93. The van der Waals surface area contributed by atoms with E-state index in [1.807, 2.05) is 65.0 Å². The van der Waals surface area contributed by atoms with Crippen LogP contribution in [-0.2, 0) is 0 Å². The number of ether oxygens (including phenoxy) is 2. The van der Waals surface area contributed by atoms with Gasteiger partial charge in [0, 0.05) is 38.3 Å². The fourth-order valence-electron chi connectivity index (χ4n) is 3.49. The molecular formula is C21H23N3O3. The maximum Gasteiger partial charge on any atom is 0.274 e. The lowest BCUT2D eigenvalue weighted by Gasteiger charge is -2.32. The monoisotopic (exact) mass is 365 g/mol. The number of carbonyl (C=O) groups is 1. The van der Waals surface area contributed by atoms with Crippen LogP contribution in [0.5, 0.6) is 11.5 Å². The number of carbonyl (C=O) groups excluding carboxylic acids is 1. The van der Waals surface area contributed by atoms with E-state index in [0.29, 0.717) is 18.8 Å². The first-order chi connectivity index (χ1) is 13.2. The fourth-order valence-corrected chi connectivity index (χ4v) is 3.49. The minimum absolute atomic E-state index is 0.0196. The second-order valence-corrected chi connectivity index (χ2v) is 6.81. The van der Waals surface area contributed by atoms with Crippen molar-refractivity contribution < 1.29 is 14.3 Å². The zero-order valence-corrected chi connectivity index (χ0v) is 15.6. The lowest BCUT2D eigenvalue weighted by Crippen LogP contribution is -2.41. The van der Waals surface area contributed by atoms with Crippen LogP contribution in [0, 0.1) is 6.92 Å². The van der Waals surface area contributed by atoms with Crippen LogP contribution in [-0.4, -0.2) is 46.5 Å². The molecule has 1 fully saturated rings. The standard InChI is InChI=1S/C21H23N3O3/c1-15-6-5-11-24-14-17(22-20(15)24)21(25)23-12-9-16(10-13-23)27-19-8-4-3-7-18(19)26-2/h3-8,11,14,16H,9-10,12-13H2,1-2H3. The van der Waals surface area contributed by atoms with Crippen molar-refractivity contribution in [3.05, 3.63) is 60.0 Å². The molecule has 6 nitrogen and oxygen atoms in total. The average Bonchev–Trinajstić information content (AvgIpc) is 3.14. The number of aromatic nitrogens is 2. The van der Waals surface area contributed by atoms with Gasteiger partial charge < -0.3 is 18.8 Å². The molecule has 0 N–H and O–H groups in total. The molecule has 140 valence electrons. The Hall–Kier alpha value is -3.02. The molecule has 0 bridgehead atoms. The summed E-state index contributed by atoms with van der Waals surface area (Å²) in [6.45, 7) is 3.31. The molecule has 1 aromatic carbocycles. The molecule has 0 atom stereocenters. The van der Waals surface area contributed by atoms with E-state index in [0.717, 1.165) is 35.6 Å². The number of para-hydroxylation sites is 2. The Bertz CT molecular complexity index is 958. The van der Waals surface area contributed by atoms with Crippen molar-refractivity contribution in [1.82, 2.24) is 14.3 Å². The second-order valence-electron chi connectivity index (χ2n) is 6.81. The highest BCUT2D eigenvalue weighted by atomic mass is 16.5. The van der Waals surface area contributed by atoms with Gasteiger partial charge in [-0.2, -0.15) is 0 Å². The number of imidazole rings is 1. The number of rotatable bonds is 4. The number of aryl methyl sites for hydroxylation is 1. The highest BCUT2D eigenvalue weighted by Gasteiger charge is 2.26. The van der Waals surface area contributed by atoms with E-state index >= 15 is 0 Å². The Morgan fingerprint density at radius 2 is 1.85 bits per heavy atom. The van der Waals surface area contributed by atoms with Gasteiger partial charge in [-0.3, -0.25) is 4.79 Å². The Morgan fingerprint density at radius 3 is 2.56 bits per heavy atom. The molecule has 4 rings (SSSR count). The van der Waals surface area contributed by atoms with Crippen LogP contribution in [0.2, 0.25) is 0 Å². The molecule has 27 heavy (non-hydrogen) atoms. The van der Waals surface area contributed by atoms with Crippen LogP contribution in [0.4, 0.5) is 0 Å². The fraction of sp³-hybridized carbons (Fsp3) is 0.333. The second kappa shape index (κ2) is 7.31. The third kappa shape index (κ3) is 3.47. The molecule has 3 heterocycles. The van der Waals surface area contributed by atoms with Crippen molar-refractivity contribution >= 4 is 11.6 Å². The maximum absolute atomic E-state index is 12.8. The van der Waals surface area contributed by atoms with Crippen LogP contribution in [0.15, 0.2) is 48.8 Å². The van der Waals surface area contributed by atoms with E-state index in [1.165, 1.54) is 0 Å². The quantitative estimate of drug-likeness (QED) is 0.712. The maximum atomic E-state index is 12.8. The van der Waals surface area contributed by atoms with Crippen molar-refractivity contribution in [2.45, 2.75) is 25.9 Å². The lowest BCUT2D eigenvalue weighted by atomic mass is 10.1. The first-order valence-electron chi connectivity index (χ1n) is 9.19. The normalized spacial score (nSPS) is 15.1. The number of nitrogens with zero attached hydrogens (tertiary/aromatic N) is 3. The van der Waals surface area contributed by atoms with Gasteiger partial charge in [0.05, 0.1) is 7.11 Å². The van der Waals surface area contributed by atoms with E-state index in [2.05, 4.69) is 4.98 Å². The Balaban J connectivity index is 1.41. The first-order valence-corrected chi connectivity index (χ1v) is 9.19. The summed E-state index contributed by atoms with van der Waals surface area (Å²) in [5, 5.41) is 0. The van der Waals surface area contributed by atoms with E-state index in [1.54, 1.807) is 7.11 Å². The summed E-state index contributed by atoms with van der Waals surface area (Å²) in [5.41, 5.74) is 2.38. The summed E-state index contributed by atoms with van der Waals surface area (Å²) < 4.78 is 13.3. The lowest BCUT2D eigenvalue weighted by molar-refractivity contribution is 0.0586. The van der Waals surface area contributed by atoms with Crippen molar-refractivity contribution in [3.63, 3.8) is 0 Å². The third-order valence-corrected chi connectivity index (χ3v) is 4.99. The van der Waals surface area contributed by atoms with Gasteiger partial charge in [-0.05, 0) is 30.7 Å². The molecule has 2 aromatic heterocycles. The van der Waals surface area contributed by atoms with Crippen LogP contribution in [0.3, 0.4) is 0 Å². The van der Waals surface area contributed by atoms with Crippen molar-refractivity contribution in [2.24, 2.45) is 0 Å². The average molecular weight is 365 g/mol. The summed E-state index contributed by atoms with van der Waals surface area (Å²) in [4.78, 5) is 19.2. The number of piperidine rings is 1. The topological polar surface area (TPSA) is 56.1 Å². The Labute approximate surface area is 158 Å². The molecule has 0 aliphatic carbocycles. The molecule has 0 saturated carbocycles. The zero-order valence-electron chi connectivity index (χ0n) is 15.6. The smallest absolute Gasteiger partial charge is 0.274 e. The summed E-state index contributed by atoms with van der Waals surface area (Å²) in [7, 11) is 1.64. The number of hydrogen-bond donors (Lipinski definition) is 0. The van der Waals surface area contributed by atoms with Gasteiger partial charge in [0.1, 0.15) is 17.4 Å². The summed E-state index contributed by atoms with van der Waals surface area (Å²) in [6.07, 6.45) is 5.38. The van der Waals surface area contributed by atoms with Crippen LogP contribution < -0.4 is 9.47 Å². The van der Waals surface area contributed by atoms with E-state index < -0.39 is 0 Å². The van der Waals surface area contributed by atoms with Gasteiger partial charge in [-0.1, -0.05) is 18.2 Å². The number of fused-ring (bicyclic) bond motifs is 1. The highest BCUT2D eigenvalue weighted by Crippen LogP contribution is 2.29. The molecule has 6 heteroatoms. The largest absolute Gasteiger partial charge is 0.493 e. The van der Waals surface area contributed by atoms with Gasteiger partial charge in [0.15, 0.2) is 11.5 Å². The summed E-state index contributed by atoms with van der Waals surface area (Å²) in [5.74, 6) is 1.46. The molecule has 1 aliphatic heterocycles. The SMILES string of the molecule is COc1ccccc1OC1CCN(C(=O)c2cn3cccc(C)c3n2)CC1. The van der Waals surface area contributed by atoms with Gasteiger partial charge in [-0.15, -0.1) is 0 Å².